The first-order chi connectivity index (χ1) is 8.11. The van der Waals surface area contributed by atoms with E-state index in [1.807, 2.05) is 0 Å². The number of rotatable bonds is 4. The highest BCUT2D eigenvalue weighted by Crippen LogP contribution is 2.33. The summed E-state index contributed by atoms with van der Waals surface area (Å²) in [6, 6.07) is 4.10. The van der Waals surface area contributed by atoms with Gasteiger partial charge in [0, 0.05) is 6.26 Å². The fourth-order valence-corrected chi connectivity index (χ4v) is 2.90. The summed E-state index contributed by atoms with van der Waals surface area (Å²) in [5.74, 6) is -0.370. The molecule has 1 atom stereocenters. The highest BCUT2D eigenvalue weighted by atomic mass is 79.9. The number of hydrogen-bond acceptors (Lipinski definition) is 3. The van der Waals surface area contributed by atoms with Crippen LogP contribution in [0.15, 0.2) is 22.7 Å². The Bertz CT molecular complexity index is 543. The zero-order chi connectivity index (χ0) is 14.1. The highest BCUT2D eigenvalue weighted by Gasteiger charge is 2.39. The lowest BCUT2D eigenvalue weighted by molar-refractivity contribution is 0.445. The molecule has 1 N–H and O–H groups in total. The van der Waals surface area contributed by atoms with E-state index in [0.717, 1.165) is 5.56 Å². The van der Waals surface area contributed by atoms with Crippen LogP contribution in [0.25, 0.3) is 0 Å². The molecule has 0 radical (unpaired) electrons. The first kappa shape index (κ1) is 15.6. The van der Waals surface area contributed by atoms with Crippen LogP contribution >= 0.6 is 15.9 Å². The van der Waals surface area contributed by atoms with E-state index in [2.05, 4.69) is 21.2 Å². The van der Waals surface area contributed by atoms with Crippen molar-refractivity contribution < 1.29 is 12.8 Å². The van der Waals surface area contributed by atoms with E-state index in [1.54, 1.807) is 33.0 Å². The molecule has 0 saturated carbocycles. The van der Waals surface area contributed by atoms with Gasteiger partial charge in [0.1, 0.15) is 5.82 Å². The minimum absolute atomic E-state index is 0.324. The summed E-state index contributed by atoms with van der Waals surface area (Å²) in [6.45, 7) is 3.31. The van der Waals surface area contributed by atoms with Crippen LogP contribution in [-0.2, 0) is 9.84 Å². The Morgan fingerprint density at radius 2 is 1.94 bits per heavy atom. The first-order valence-corrected chi connectivity index (χ1v) is 8.11. The molecule has 3 nitrogen and oxygen atoms in total. The molecular weight excluding hydrogens is 321 g/mol. The summed E-state index contributed by atoms with van der Waals surface area (Å²) in [6.07, 6.45) is 1.20. The minimum Gasteiger partial charge on any atom is -0.312 e. The van der Waals surface area contributed by atoms with Gasteiger partial charge in [0.2, 0.25) is 0 Å². The lowest BCUT2D eigenvalue weighted by Crippen LogP contribution is -2.43. The molecule has 0 aliphatic rings. The monoisotopic (exact) mass is 337 g/mol. The third-order valence-electron chi connectivity index (χ3n) is 3.22. The van der Waals surface area contributed by atoms with E-state index in [0.29, 0.717) is 4.47 Å². The predicted molar refractivity (Wildman–Crippen MR) is 74.8 cm³/mol. The van der Waals surface area contributed by atoms with Gasteiger partial charge in [-0.25, -0.2) is 12.8 Å². The van der Waals surface area contributed by atoms with Crippen molar-refractivity contribution in [3.8, 4) is 0 Å². The largest absolute Gasteiger partial charge is 0.312 e. The normalized spacial score (nSPS) is 14.6. The third-order valence-corrected chi connectivity index (χ3v) is 5.97. The molecule has 1 aromatic rings. The smallest absolute Gasteiger partial charge is 0.154 e. The summed E-state index contributed by atoms with van der Waals surface area (Å²) in [5, 5.41) is 2.99. The summed E-state index contributed by atoms with van der Waals surface area (Å²) >= 11 is 3.11. The van der Waals surface area contributed by atoms with Gasteiger partial charge in [0.05, 0.1) is 15.3 Å². The number of nitrogens with one attached hydrogen (secondary N) is 1. The minimum atomic E-state index is -3.26. The number of benzene rings is 1. The second-order valence-electron chi connectivity index (χ2n) is 4.77. The Balaban J connectivity index is 3.30. The van der Waals surface area contributed by atoms with E-state index in [1.165, 1.54) is 12.3 Å². The van der Waals surface area contributed by atoms with Gasteiger partial charge in [-0.2, -0.15) is 0 Å². The highest BCUT2D eigenvalue weighted by molar-refractivity contribution is 9.10. The quantitative estimate of drug-likeness (QED) is 0.918. The molecule has 0 heterocycles. The van der Waals surface area contributed by atoms with Crippen molar-refractivity contribution in [2.75, 3.05) is 13.3 Å². The van der Waals surface area contributed by atoms with Crippen LogP contribution in [0.5, 0.6) is 0 Å². The van der Waals surface area contributed by atoms with Gasteiger partial charge in [-0.3, -0.25) is 0 Å². The van der Waals surface area contributed by atoms with Gasteiger partial charge < -0.3 is 5.32 Å². The molecule has 0 aliphatic heterocycles. The van der Waals surface area contributed by atoms with Gasteiger partial charge in [-0.05, 0) is 54.5 Å². The number of halogens is 2. The molecule has 0 bridgehead atoms. The lowest BCUT2D eigenvalue weighted by atomic mass is 9.95. The maximum Gasteiger partial charge on any atom is 0.154 e. The predicted octanol–water partition coefficient (Wildman–Crippen LogP) is 2.67. The van der Waals surface area contributed by atoms with Crippen molar-refractivity contribution >= 4 is 25.8 Å². The SMILES string of the molecule is CNC(c1ccc(F)c(Br)c1)C(C)(C)S(C)(=O)=O. The second kappa shape index (κ2) is 5.27. The van der Waals surface area contributed by atoms with Crippen molar-refractivity contribution in [3.63, 3.8) is 0 Å². The van der Waals surface area contributed by atoms with Gasteiger partial charge in [0.25, 0.3) is 0 Å². The molecule has 0 saturated heterocycles. The van der Waals surface area contributed by atoms with Crippen molar-refractivity contribution in [2.24, 2.45) is 0 Å². The number of hydrogen-bond donors (Lipinski definition) is 1. The van der Waals surface area contributed by atoms with Crippen LogP contribution in [0.2, 0.25) is 0 Å². The van der Waals surface area contributed by atoms with Crippen LogP contribution in [-0.4, -0.2) is 26.5 Å². The Labute approximate surface area is 116 Å². The van der Waals surface area contributed by atoms with Crippen LogP contribution in [0.4, 0.5) is 4.39 Å². The van der Waals surface area contributed by atoms with Gasteiger partial charge in [-0.1, -0.05) is 6.07 Å². The molecule has 0 fully saturated rings. The van der Waals surface area contributed by atoms with Crippen LogP contribution in [0.3, 0.4) is 0 Å². The molecule has 102 valence electrons. The van der Waals surface area contributed by atoms with Crippen molar-refractivity contribution in [3.05, 3.63) is 34.1 Å². The first-order valence-electron chi connectivity index (χ1n) is 5.43. The number of sulfone groups is 1. The molecule has 1 aromatic carbocycles. The molecule has 1 rings (SSSR count). The molecule has 0 amide bonds. The van der Waals surface area contributed by atoms with Gasteiger partial charge >= 0.3 is 0 Å². The fourth-order valence-electron chi connectivity index (χ4n) is 1.82. The van der Waals surface area contributed by atoms with E-state index in [-0.39, 0.29) is 5.82 Å². The van der Waals surface area contributed by atoms with E-state index in [4.69, 9.17) is 0 Å². The molecular formula is C12H17BrFNO2S. The Morgan fingerprint density at radius 3 is 2.33 bits per heavy atom. The molecule has 6 heteroatoms. The molecule has 0 aromatic heterocycles. The van der Waals surface area contributed by atoms with E-state index in [9.17, 15) is 12.8 Å². The zero-order valence-corrected chi connectivity index (χ0v) is 13.2. The molecule has 18 heavy (non-hydrogen) atoms. The van der Waals surface area contributed by atoms with Gasteiger partial charge in [0.15, 0.2) is 9.84 Å². The third kappa shape index (κ3) is 2.92. The Kier molecular flexibility index (Phi) is 4.56. The summed E-state index contributed by atoms with van der Waals surface area (Å²) in [4.78, 5) is 0. The van der Waals surface area contributed by atoms with E-state index < -0.39 is 20.6 Å². The summed E-state index contributed by atoms with van der Waals surface area (Å²) < 4.78 is 36.3. The Morgan fingerprint density at radius 1 is 1.39 bits per heavy atom. The standard InChI is InChI=1S/C12H17BrFNO2S/c1-12(2,18(4,16)17)11(15-3)8-5-6-10(14)9(13)7-8/h5-7,11,15H,1-4H3. The maximum atomic E-state index is 13.2. The average Bonchev–Trinajstić information content (AvgIpc) is 2.22. The van der Waals surface area contributed by atoms with Crippen LogP contribution in [0.1, 0.15) is 25.5 Å². The molecule has 0 aliphatic carbocycles. The lowest BCUT2D eigenvalue weighted by Gasteiger charge is -2.33. The summed E-state index contributed by atoms with van der Waals surface area (Å²) in [7, 11) is -1.57. The topological polar surface area (TPSA) is 46.2 Å². The Hall–Kier alpha value is -0.460. The average molecular weight is 338 g/mol. The zero-order valence-electron chi connectivity index (χ0n) is 10.8. The second-order valence-corrected chi connectivity index (χ2v) is 8.22. The molecule has 1 unspecified atom stereocenters. The maximum absolute atomic E-state index is 13.2. The molecule has 0 spiro atoms. The van der Waals surface area contributed by atoms with Crippen LogP contribution in [0, 0.1) is 5.82 Å². The van der Waals surface area contributed by atoms with Gasteiger partial charge in [-0.15, -0.1) is 0 Å². The van der Waals surface area contributed by atoms with Crippen molar-refractivity contribution in [2.45, 2.75) is 24.6 Å². The van der Waals surface area contributed by atoms with Crippen molar-refractivity contribution in [1.29, 1.82) is 0 Å². The summed E-state index contributed by atoms with van der Waals surface area (Å²) in [5.41, 5.74) is 0.723. The fraction of sp³-hybridized carbons (Fsp3) is 0.500. The van der Waals surface area contributed by atoms with E-state index >= 15 is 0 Å². The van der Waals surface area contributed by atoms with Crippen molar-refractivity contribution in [1.82, 2.24) is 5.32 Å². The van der Waals surface area contributed by atoms with Crippen LogP contribution < -0.4 is 5.32 Å².